The minimum Gasteiger partial charge on any atom is -0.472 e. The number of nitrogens with zero attached hydrogens (tertiary/aromatic N) is 5. The molecule has 0 spiro atoms. The van der Waals surface area contributed by atoms with Crippen molar-refractivity contribution in [1.29, 1.82) is 0 Å². The highest BCUT2D eigenvalue weighted by Crippen LogP contribution is 2.41. The molecular weight excluding hydrogens is 460 g/mol. The Hall–Kier alpha value is -2.37. The summed E-state index contributed by atoms with van der Waals surface area (Å²) in [5, 5.41) is 18.6. The number of halogens is 2. The fourth-order valence-electron chi connectivity index (χ4n) is 5.82. The summed E-state index contributed by atoms with van der Waals surface area (Å²) >= 11 is 0. The third-order valence-corrected chi connectivity index (χ3v) is 7.46. The summed E-state index contributed by atoms with van der Waals surface area (Å²) in [5.74, 6) is 0.156. The molecule has 0 bridgehead atoms. The van der Waals surface area contributed by atoms with Crippen molar-refractivity contribution in [3.05, 3.63) is 11.5 Å². The van der Waals surface area contributed by atoms with E-state index in [9.17, 15) is 8.78 Å². The highest BCUT2D eigenvalue weighted by Gasteiger charge is 2.36. The number of hydrogen-bond acceptors (Lipinski definition) is 9. The molecule has 0 amide bonds. The second kappa shape index (κ2) is 9.94. The Labute approximate surface area is 203 Å². The zero-order chi connectivity index (χ0) is 24.7. The van der Waals surface area contributed by atoms with E-state index in [1.165, 1.54) is 19.8 Å². The van der Waals surface area contributed by atoms with Gasteiger partial charge in [-0.05, 0) is 52.5 Å². The summed E-state index contributed by atoms with van der Waals surface area (Å²) in [7, 11) is 0. The molecule has 3 saturated heterocycles. The lowest BCUT2D eigenvalue weighted by Gasteiger charge is -2.32. The maximum Gasteiger partial charge on any atom is 0.323 e. The molecular formula is C24H33F2N5O4. The summed E-state index contributed by atoms with van der Waals surface area (Å²) in [6.45, 7) is 4.01. The van der Waals surface area contributed by atoms with Crippen molar-refractivity contribution in [2.24, 2.45) is 0 Å². The van der Waals surface area contributed by atoms with E-state index >= 15 is 0 Å². The van der Waals surface area contributed by atoms with Crippen LogP contribution in [0.1, 0.15) is 57.6 Å². The molecule has 192 valence electrons. The van der Waals surface area contributed by atoms with Crippen LogP contribution < -0.4 is 14.4 Å². The molecule has 4 aliphatic heterocycles. The van der Waals surface area contributed by atoms with Gasteiger partial charge in [0.25, 0.3) is 0 Å². The number of alkyl halides is 1. The smallest absolute Gasteiger partial charge is 0.323 e. The van der Waals surface area contributed by atoms with Gasteiger partial charge in [-0.1, -0.05) is 12.8 Å². The second-order valence-corrected chi connectivity index (χ2v) is 9.87. The topological polar surface area (TPSA) is 104 Å². The molecule has 3 fully saturated rings. The van der Waals surface area contributed by atoms with E-state index in [1.54, 1.807) is 0 Å². The lowest BCUT2D eigenvalue weighted by atomic mass is 10.1. The minimum absolute atomic E-state index is 0.00486. The number of rotatable bonds is 2. The fraction of sp³-hybridized carbons (Fsp3) is 0.708. The van der Waals surface area contributed by atoms with E-state index in [0.29, 0.717) is 29.7 Å². The van der Waals surface area contributed by atoms with Crippen molar-refractivity contribution in [3.63, 3.8) is 0 Å². The molecule has 0 aromatic carbocycles. The average Bonchev–Trinajstić information content (AvgIpc) is 3.24. The van der Waals surface area contributed by atoms with E-state index in [0.717, 1.165) is 45.2 Å². The van der Waals surface area contributed by atoms with Gasteiger partial charge in [-0.3, -0.25) is 4.90 Å². The number of hydrogen-bond donors (Lipinski definition) is 2. The van der Waals surface area contributed by atoms with Crippen LogP contribution in [0.25, 0.3) is 10.9 Å². The minimum atomic E-state index is -2.09. The summed E-state index contributed by atoms with van der Waals surface area (Å²) < 4.78 is 38.3. The summed E-state index contributed by atoms with van der Waals surface area (Å²) in [5.41, 5.74) is 0.155. The Morgan fingerprint density at radius 2 is 1.91 bits per heavy atom. The lowest BCUT2D eigenvalue weighted by Crippen LogP contribution is -2.44. The Morgan fingerprint density at radius 1 is 1.09 bits per heavy atom. The first kappa shape index (κ1) is 24.3. The molecule has 6 rings (SSSR count). The van der Waals surface area contributed by atoms with Crippen LogP contribution in [0, 0.1) is 12.7 Å². The van der Waals surface area contributed by atoms with Gasteiger partial charge in [-0.2, -0.15) is 9.97 Å². The molecule has 2 aromatic heterocycles. The first-order chi connectivity index (χ1) is 16.8. The summed E-state index contributed by atoms with van der Waals surface area (Å²) in [6.07, 6.45) is 6.72. The van der Waals surface area contributed by atoms with Crippen molar-refractivity contribution in [1.82, 2.24) is 19.9 Å². The van der Waals surface area contributed by atoms with Crippen LogP contribution in [-0.2, 0) is 0 Å². The SMILES string of the molecule is Cc1nc2c3c(nc(OC(O)O)nc3c1F)N1CCCCCC1C(C)O2.FC1CC2CCCN2C1. The van der Waals surface area contributed by atoms with Crippen molar-refractivity contribution in [2.45, 2.75) is 89.6 Å². The van der Waals surface area contributed by atoms with Crippen LogP contribution in [0.5, 0.6) is 11.9 Å². The summed E-state index contributed by atoms with van der Waals surface area (Å²) in [4.78, 5) is 17.0. The number of pyridine rings is 1. The molecule has 2 N–H and O–H groups in total. The summed E-state index contributed by atoms with van der Waals surface area (Å²) in [6, 6.07) is 0.371. The molecule has 4 atom stereocenters. The average molecular weight is 494 g/mol. The molecule has 11 heteroatoms. The van der Waals surface area contributed by atoms with Gasteiger partial charge in [-0.25, -0.2) is 13.8 Å². The number of aliphatic hydroxyl groups is 2. The van der Waals surface area contributed by atoms with Gasteiger partial charge < -0.3 is 24.6 Å². The van der Waals surface area contributed by atoms with Crippen molar-refractivity contribution < 1.29 is 28.5 Å². The predicted molar refractivity (Wildman–Crippen MR) is 125 cm³/mol. The number of aromatic nitrogens is 3. The Kier molecular flexibility index (Phi) is 6.91. The molecule has 4 unspecified atom stereocenters. The van der Waals surface area contributed by atoms with Crippen LogP contribution >= 0.6 is 0 Å². The van der Waals surface area contributed by atoms with Crippen LogP contribution in [-0.4, -0.2) is 80.5 Å². The van der Waals surface area contributed by atoms with Gasteiger partial charge in [0, 0.05) is 19.1 Å². The monoisotopic (exact) mass is 493 g/mol. The normalized spacial score (nSPS) is 28.0. The van der Waals surface area contributed by atoms with Crippen LogP contribution in [0.15, 0.2) is 0 Å². The first-order valence-electron chi connectivity index (χ1n) is 12.5. The van der Waals surface area contributed by atoms with Crippen LogP contribution in [0.4, 0.5) is 14.6 Å². The van der Waals surface area contributed by atoms with Gasteiger partial charge in [0.05, 0.1) is 11.7 Å². The largest absolute Gasteiger partial charge is 0.472 e. The molecule has 0 radical (unpaired) electrons. The van der Waals surface area contributed by atoms with Crippen molar-refractivity contribution in [2.75, 3.05) is 24.5 Å². The maximum atomic E-state index is 14.8. The number of aliphatic hydroxyl groups excluding tert-OH is 1. The molecule has 0 saturated carbocycles. The zero-order valence-electron chi connectivity index (χ0n) is 20.2. The van der Waals surface area contributed by atoms with Crippen LogP contribution in [0.2, 0.25) is 0 Å². The standard InChI is InChI=1S/C17H21FN4O4.C7H12FN/c1-8-12(18)13-11-14(21-16(20-13)26-17(23)24)22-7-5-3-4-6-10(22)9(2)25-15(11)19-8;8-6-4-7-2-1-3-9(7)5-6/h9-10,17,23-24H,3-7H2,1-2H3;6-7H,1-5H2. The van der Waals surface area contributed by atoms with Gasteiger partial charge in [0.2, 0.25) is 5.88 Å². The number of anilines is 1. The second-order valence-electron chi connectivity index (χ2n) is 9.87. The Morgan fingerprint density at radius 3 is 2.69 bits per heavy atom. The number of fused-ring (bicyclic) bond motifs is 3. The maximum absolute atomic E-state index is 14.8. The molecule has 35 heavy (non-hydrogen) atoms. The molecule has 2 aromatic rings. The van der Waals surface area contributed by atoms with E-state index in [-0.39, 0.29) is 29.4 Å². The highest BCUT2D eigenvalue weighted by atomic mass is 19.1. The molecule has 6 heterocycles. The van der Waals surface area contributed by atoms with E-state index < -0.39 is 18.5 Å². The van der Waals surface area contributed by atoms with Gasteiger partial charge in [0.1, 0.15) is 29.0 Å². The highest BCUT2D eigenvalue weighted by molar-refractivity contribution is 5.95. The van der Waals surface area contributed by atoms with E-state index in [1.807, 2.05) is 6.92 Å². The predicted octanol–water partition coefficient (Wildman–Crippen LogP) is 2.84. The molecule has 0 aliphatic carbocycles. The van der Waals surface area contributed by atoms with Crippen LogP contribution in [0.3, 0.4) is 0 Å². The van der Waals surface area contributed by atoms with E-state index in [2.05, 4.69) is 24.8 Å². The molecule has 4 aliphatic rings. The van der Waals surface area contributed by atoms with Crippen molar-refractivity contribution in [3.8, 4) is 11.9 Å². The van der Waals surface area contributed by atoms with Gasteiger partial charge in [0.15, 0.2) is 5.82 Å². The van der Waals surface area contributed by atoms with E-state index in [4.69, 9.17) is 19.7 Å². The van der Waals surface area contributed by atoms with Gasteiger partial charge >= 0.3 is 12.5 Å². The Bertz CT molecular complexity index is 1060. The first-order valence-corrected chi connectivity index (χ1v) is 12.5. The van der Waals surface area contributed by atoms with Crippen molar-refractivity contribution >= 4 is 16.7 Å². The number of aryl methyl sites for hydroxylation is 1. The number of ether oxygens (including phenoxy) is 2. The third kappa shape index (κ3) is 4.85. The third-order valence-electron chi connectivity index (χ3n) is 7.46. The quantitative estimate of drug-likeness (QED) is 0.611. The Balaban J connectivity index is 0.000000234. The lowest BCUT2D eigenvalue weighted by molar-refractivity contribution is -0.183. The van der Waals surface area contributed by atoms with Gasteiger partial charge in [-0.15, -0.1) is 0 Å². The fourth-order valence-corrected chi connectivity index (χ4v) is 5.82. The molecule has 9 nitrogen and oxygen atoms in total. The zero-order valence-corrected chi connectivity index (χ0v) is 20.2.